The minimum Gasteiger partial charge on any atom is -0.497 e. The molecule has 0 aliphatic carbocycles. The van der Waals surface area contributed by atoms with Crippen molar-refractivity contribution in [2.45, 2.75) is 0 Å². The molecule has 2 aromatic carbocycles. The van der Waals surface area contributed by atoms with E-state index >= 15 is 0 Å². The van der Waals surface area contributed by atoms with Gasteiger partial charge in [-0.1, -0.05) is 36.0 Å². The molecule has 2 heterocycles. The molecule has 0 bridgehead atoms. The first kappa shape index (κ1) is 18.0. The third-order valence-electron chi connectivity index (χ3n) is 4.28. The molecule has 0 atom stereocenters. The maximum absolute atomic E-state index is 13.0. The molecular formula is C20H15N3O4S. The quantitative estimate of drug-likeness (QED) is 0.738. The van der Waals surface area contributed by atoms with E-state index in [0.717, 1.165) is 0 Å². The zero-order valence-corrected chi connectivity index (χ0v) is 15.7. The van der Waals surface area contributed by atoms with Crippen LogP contribution < -0.4 is 15.6 Å². The molecular weight excluding hydrogens is 378 g/mol. The Morgan fingerprint density at radius 1 is 1.14 bits per heavy atom. The lowest BCUT2D eigenvalue weighted by Crippen LogP contribution is -2.22. The molecule has 1 saturated heterocycles. The lowest BCUT2D eigenvalue weighted by molar-refractivity contribution is -0.116. The fourth-order valence-corrected chi connectivity index (χ4v) is 3.63. The minimum absolute atomic E-state index is 0.192. The van der Waals surface area contributed by atoms with Gasteiger partial charge in [0.25, 0.3) is 11.5 Å². The second kappa shape index (κ2) is 7.32. The summed E-state index contributed by atoms with van der Waals surface area (Å²) in [5, 5.41) is 3.72. The van der Waals surface area contributed by atoms with Crippen molar-refractivity contribution in [3.63, 3.8) is 0 Å². The highest BCUT2D eigenvalue weighted by Crippen LogP contribution is 2.21. The van der Waals surface area contributed by atoms with E-state index < -0.39 is 5.91 Å². The summed E-state index contributed by atoms with van der Waals surface area (Å²) in [7, 11) is 1.54. The van der Waals surface area contributed by atoms with Crippen LogP contribution in [0.4, 0.5) is 0 Å². The zero-order chi connectivity index (χ0) is 19.7. The van der Waals surface area contributed by atoms with Crippen molar-refractivity contribution >= 4 is 39.5 Å². The van der Waals surface area contributed by atoms with E-state index in [1.165, 1.54) is 22.5 Å². The average Bonchev–Trinajstić information content (AvgIpc) is 3.13. The number of fused-ring (bicyclic) bond motifs is 1. The van der Waals surface area contributed by atoms with Crippen molar-refractivity contribution in [1.82, 2.24) is 9.88 Å². The summed E-state index contributed by atoms with van der Waals surface area (Å²) in [6.07, 6.45) is 1.48. The molecule has 4 rings (SSSR count). The summed E-state index contributed by atoms with van der Waals surface area (Å²) in [5.74, 6) is 0.104. The molecule has 2 amide bonds. The topological polar surface area (TPSA) is 89.8 Å². The molecule has 1 N–H and O–H groups in total. The number of pyridine rings is 1. The molecule has 3 aromatic rings. The predicted molar refractivity (Wildman–Crippen MR) is 108 cm³/mol. The third-order valence-corrected chi connectivity index (χ3v) is 5.15. The lowest BCUT2D eigenvalue weighted by Gasteiger charge is -2.12. The van der Waals surface area contributed by atoms with Crippen molar-refractivity contribution in [3.05, 3.63) is 70.6 Å². The number of thioether (sulfide) groups is 1. The van der Waals surface area contributed by atoms with Gasteiger partial charge in [0.2, 0.25) is 5.91 Å². The first-order chi connectivity index (χ1) is 13.6. The van der Waals surface area contributed by atoms with E-state index in [4.69, 9.17) is 4.74 Å². The Hall–Kier alpha value is -3.39. The molecule has 0 saturated carbocycles. The number of carbonyl (C=O) groups excluding carboxylic acids is 2. The number of aliphatic imine (C=N–C) groups is 1. The van der Waals surface area contributed by atoms with Crippen LogP contribution in [0.15, 0.2) is 64.5 Å². The smallest absolute Gasteiger partial charge is 0.281 e. The molecule has 1 fully saturated rings. The molecule has 1 aliphatic rings. The lowest BCUT2D eigenvalue weighted by atomic mass is 10.1. The van der Waals surface area contributed by atoms with Crippen LogP contribution in [0, 0.1) is 0 Å². The molecule has 0 spiro atoms. The van der Waals surface area contributed by atoms with Crippen LogP contribution in [-0.2, 0) is 4.79 Å². The van der Waals surface area contributed by atoms with Gasteiger partial charge in [-0.05, 0) is 18.2 Å². The number of amides is 2. The molecule has 0 unspecified atom stereocenters. The Balaban J connectivity index is 1.91. The van der Waals surface area contributed by atoms with Crippen LogP contribution in [0.5, 0.6) is 5.75 Å². The van der Waals surface area contributed by atoms with Crippen molar-refractivity contribution in [2.75, 3.05) is 12.9 Å². The summed E-state index contributed by atoms with van der Waals surface area (Å²) in [5.41, 5.74) is 0.587. The number of hydrogen-bond acceptors (Lipinski definition) is 5. The zero-order valence-electron chi connectivity index (χ0n) is 14.8. The normalized spacial score (nSPS) is 15.0. The number of nitrogens with zero attached hydrogens (tertiary/aromatic N) is 2. The summed E-state index contributed by atoms with van der Waals surface area (Å²) < 4.78 is 6.63. The van der Waals surface area contributed by atoms with Gasteiger partial charge in [0, 0.05) is 23.0 Å². The van der Waals surface area contributed by atoms with E-state index in [-0.39, 0.29) is 28.0 Å². The molecule has 1 aliphatic heterocycles. The van der Waals surface area contributed by atoms with Gasteiger partial charge in [0.1, 0.15) is 5.75 Å². The van der Waals surface area contributed by atoms with Crippen LogP contribution in [0.3, 0.4) is 0 Å². The summed E-state index contributed by atoms with van der Waals surface area (Å²) >= 11 is 1.17. The number of aromatic nitrogens is 1. The van der Waals surface area contributed by atoms with Crippen LogP contribution in [0.2, 0.25) is 0 Å². The number of methoxy groups -OCH3 is 1. The van der Waals surface area contributed by atoms with E-state index in [2.05, 4.69) is 10.3 Å². The van der Waals surface area contributed by atoms with Gasteiger partial charge < -0.3 is 10.1 Å². The second-order valence-electron chi connectivity index (χ2n) is 6.02. The second-order valence-corrected chi connectivity index (χ2v) is 6.99. The predicted octanol–water partition coefficient (Wildman–Crippen LogP) is 2.36. The van der Waals surface area contributed by atoms with Crippen LogP contribution in [0.25, 0.3) is 16.5 Å². The van der Waals surface area contributed by atoms with Crippen LogP contribution >= 0.6 is 11.8 Å². The van der Waals surface area contributed by atoms with Gasteiger partial charge in [0.05, 0.1) is 24.1 Å². The highest BCUT2D eigenvalue weighted by molar-refractivity contribution is 8.15. The molecule has 28 heavy (non-hydrogen) atoms. The molecule has 0 radical (unpaired) electrons. The average molecular weight is 393 g/mol. The third kappa shape index (κ3) is 3.29. The van der Waals surface area contributed by atoms with Gasteiger partial charge >= 0.3 is 0 Å². The summed E-state index contributed by atoms with van der Waals surface area (Å²) in [6.45, 7) is 0. The Morgan fingerprint density at radius 2 is 1.93 bits per heavy atom. The van der Waals surface area contributed by atoms with Crippen molar-refractivity contribution in [3.8, 4) is 11.4 Å². The first-order valence-corrected chi connectivity index (χ1v) is 9.40. The minimum atomic E-state index is -0.530. The monoisotopic (exact) mass is 393 g/mol. The Kier molecular flexibility index (Phi) is 4.70. The van der Waals surface area contributed by atoms with Crippen molar-refractivity contribution in [2.24, 2.45) is 4.99 Å². The van der Waals surface area contributed by atoms with Gasteiger partial charge in [-0.2, -0.15) is 4.99 Å². The van der Waals surface area contributed by atoms with Crippen molar-refractivity contribution in [1.29, 1.82) is 0 Å². The molecule has 140 valence electrons. The van der Waals surface area contributed by atoms with Crippen LogP contribution in [0.1, 0.15) is 10.4 Å². The van der Waals surface area contributed by atoms with E-state index in [9.17, 15) is 14.4 Å². The Bertz CT molecular complexity index is 1200. The number of hydrogen-bond donors (Lipinski definition) is 1. The van der Waals surface area contributed by atoms with Gasteiger partial charge in [-0.25, -0.2) is 0 Å². The Labute approximate surface area is 164 Å². The molecule has 7 nitrogen and oxygen atoms in total. The van der Waals surface area contributed by atoms with E-state index in [0.29, 0.717) is 22.2 Å². The van der Waals surface area contributed by atoms with E-state index in [1.807, 2.05) is 0 Å². The maximum atomic E-state index is 13.0. The molecule has 8 heteroatoms. The van der Waals surface area contributed by atoms with Gasteiger partial charge in [-0.15, -0.1) is 0 Å². The largest absolute Gasteiger partial charge is 0.497 e. The maximum Gasteiger partial charge on any atom is 0.281 e. The van der Waals surface area contributed by atoms with E-state index in [1.54, 1.807) is 55.6 Å². The Morgan fingerprint density at radius 3 is 2.64 bits per heavy atom. The molecule has 1 aromatic heterocycles. The van der Waals surface area contributed by atoms with Gasteiger partial charge in [0.15, 0.2) is 5.17 Å². The number of benzene rings is 2. The number of amidine groups is 1. The number of carbonyl (C=O) groups is 2. The fourth-order valence-electron chi connectivity index (χ4n) is 2.95. The fraction of sp³-hybridized carbons (Fsp3) is 0.100. The number of nitrogens with one attached hydrogen (secondary N) is 1. The van der Waals surface area contributed by atoms with Crippen LogP contribution in [-0.4, -0.2) is 34.4 Å². The highest BCUT2D eigenvalue weighted by atomic mass is 32.2. The summed E-state index contributed by atoms with van der Waals surface area (Å²) in [4.78, 5) is 41.2. The number of ether oxygens (including phenoxy) is 1. The highest BCUT2D eigenvalue weighted by Gasteiger charge is 2.20. The first-order valence-electron chi connectivity index (χ1n) is 8.41. The standard InChI is InChI=1S/C20H15N3O4S/c1-27-13-6-4-5-12(9-13)23-10-16(14-7-2-3-8-15(14)19(23)26)18(25)22-20-21-17(24)11-28-20/h2-10H,11H2,1H3,(H,21,22,24,25). The summed E-state index contributed by atoms with van der Waals surface area (Å²) in [6, 6.07) is 13.9. The number of rotatable bonds is 3. The van der Waals surface area contributed by atoms with Gasteiger partial charge in [-0.3, -0.25) is 19.0 Å². The SMILES string of the molecule is COc1cccc(-n2cc(C(=O)N=C3NC(=O)CS3)c3ccccc3c2=O)c1. The van der Waals surface area contributed by atoms with Crippen molar-refractivity contribution < 1.29 is 14.3 Å².